The summed E-state index contributed by atoms with van der Waals surface area (Å²) in [6.07, 6.45) is 22.6. The minimum Gasteiger partial charge on any atom is -0.392 e. The van der Waals surface area contributed by atoms with E-state index in [1.165, 1.54) is 96.3 Å². The summed E-state index contributed by atoms with van der Waals surface area (Å²) < 4.78 is 13.9. The van der Waals surface area contributed by atoms with Crippen LogP contribution in [0.25, 0.3) is 11.1 Å². The van der Waals surface area contributed by atoms with Crippen molar-refractivity contribution in [1.82, 2.24) is 15.5 Å². The standard InChI is InChI=1S/C53H77N3O4/c1-4-6-8-10-12-14-27-56(28-15-13-11-9-7-5-2)37-49-39(3)50(46-21-19-40(38-57)20-22-46)60-51(59-49)47-25-23-45(24-26-47)48-18-16-17-41(32-48)36-54-52(58)55-53-33-42-29-43(34-53)31-44(30-42)35-53/h16-26,32,39,42-44,49-51,57H,4-15,27-31,33-38H2,1-3H3,(H2,54,55,58). The van der Waals surface area contributed by atoms with Crippen molar-refractivity contribution in [3.63, 3.8) is 0 Å². The first kappa shape index (κ1) is 44.8. The Kier molecular flexibility index (Phi) is 16.6. The molecule has 8 rings (SSSR count). The van der Waals surface area contributed by atoms with Gasteiger partial charge >= 0.3 is 6.03 Å². The summed E-state index contributed by atoms with van der Waals surface area (Å²) in [6, 6.07) is 25.4. The van der Waals surface area contributed by atoms with E-state index in [4.69, 9.17) is 9.47 Å². The predicted octanol–water partition coefficient (Wildman–Crippen LogP) is 12.4. The third-order valence-electron chi connectivity index (χ3n) is 14.5. The molecule has 2 amide bonds. The molecule has 1 heterocycles. The van der Waals surface area contributed by atoms with Crippen molar-refractivity contribution < 1.29 is 19.4 Å². The normalized spacial score (nSPS) is 27.1. The summed E-state index contributed by atoms with van der Waals surface area (Å²) >= 11 is 0. The van der Waals surface area contributed by atoms with Gasteiger partial charge in [-0.3, -0.25) is 0 Å². The molecule has 4 bridgehead atoms. The second-order valence-electron chi connectivity index (χ2n) is 19.5. The zero-order valence-electron chi connectivity index (χ0n) is 37.4. The molecule has 1 saturated heterocycles. The number of nitrogens with one attached hydrogen (secondary N) is 2. The van der Waals surface area contributed by atoms with E-state index in [0.717, 1.165) is 90.0 Å². The van der Waals surface area contributed by atoms with Crippen molar-refractivity contribution in [1.29, 1.82) is 0 Å². The summed E-state index contributed by atoms with van der Waals surface area (Å²) in [5.74, 6) is 2.56. The van der Waals surface area contributed by atoms with Crippen molar-refractivity contribution in [2.24, 2.45) is 23.7 Å². The molecular weight excluding hydrogens is 743 g/mol. The first-order valence-corrected chi connectivity index (χ1v) is 24.3. The molecular formula is C53H77N3O4. The first-order chi connectivity index (χ1) is 29.3. The number of carbonyl (C=O) groups excluding carboxylic acids is 1. The van der Waals surface area contributed by atoms with E-state index in [-0.39, 0.29) is 36.3 Å². The lowest BCUT2D eigenvalue weighted by atomic mass is 9.53. The number of aliphatic hydroxyl groups is 1. The maximum absolute atomic E-state index is 13.2. The molecule has 1 aliphatic heterocycles. The summed E-state index contributed by atoms with van der Waals surface area (Å²) in [6.45, 7) is 10.5. The van der Waals surface area contributed by atoms with Crippen LogP contribution in [0.1, 0.15) is 171 Å². The van der Waals surface area contributed by atoms with Crippen molar-refractivity contribution in [2.75, 3.05) is 19.6 Å². The highest BCUT2D eigenvalue weighted by Gasteiger charge is 2.51. The van der Waals surface area contributed by atoms with Crippen LogP contribution in [0.2, 0.25) is 0 Å². The fourth-order valence-electron chi connectivity index (χ4n) is 11.5. The maximum Gasteiger partial charge on any atom is 0.315 e. The number of carbonyl (C=O) groups is 1. The Morgan fingerprint density at radius 2 is 1.28 bits per heavy atom. The number of aliphatic hydroxyl groups excluding tert-OH is 1. The van der Waals surface area contributed by atoms with Gasteiger partial charge in [0.25, 0.3) is 0 Å². The number of ether oxygens (including phenoxy) is 2. The molecule has 60 heavy (non-hydrogen) atoms. The smallest absolute Gasteiger partial charge is 0.315 e. The minimum atomic E-state index is -0.490. The fourth-order valence-corrected chi connectivity index (χ4v) is 11.5. The molecule has 3 N–H and O–H groups in total. The Labute approximate surface area is 362 Å². The Morgan fingerprint density at radius 3 is 1.88 bits per heavy atom. The van der Waals surface area contributed by atoms with Gasteiger partial charge in [-0.15, -0.1) is 0 Å². The topological polar surface area (TPSA) is 83.1 Å². The molecule has 0 aromatic heterocycles. The van der Waals surface area contributed by atoms with Gasteiger partial charge in [0.1, 0.15) is 0 Å². The zero-order chi connectivity index (χ0) is 41.7. The first-order valence-electron chi connectivity index (χ1n) is 24.3. The average molecular weight is 820 g/mol. The summed E-state index contributed by atoms with van der Waals surface area (Å²) in [7, 11) is 0. The lowest BCUT2D eigenvalue weighted by Crippen LogP contribution is -2.61. The van der Waals surface area contributed by atoms with Gasteiger partial charge in [-0.2, -0.15) is 0 Å². The van der Waals surface area contributed by atoms with E-state index in [9.17, 15) is 9.90 Å². The van der Waals surface area contributed by atoms with Gasteiger partial charge in [-0.1, -0.05) is 152 Å². The number of nitrogens with zero attached hydrogens (tertiary/aromatic N) is 1. The van der Waals surface area contributed by atoms with Gasteiger partial charge < -0.3 is 30.1 Å². The third-order valence-corrected chi connectivity index (χ3v) is 14.5. The highest BCUT2D eigenvalue weighted by molar-refractivity contribution is 5.75. The molecule has 0 spiro atoms. The summed E-state index contributed by atoms with van der Waals surface area (Å²) in [5, 5.41) is 16.4. The minimum absolute atomic E-state index is 0.00968. The van der Waals surface area contributed by atoms with Crippen LogP contribution in [0.15, 0.2) is 72.8 Å². The van der Waals surface area contributed by atoms with Crippen LogP contribution in [-0.4, -0.2) is 47.3 Å². The fraction of sp³-hybridized carbons (Fsp3) is 0.642. The number of amides is 2. The molecule has 3 aromatic carbocycles. The van der Waals surface area contributed by atoms with Crippen LogP contribution in [0.4, 0.5) is 4.79 Å². The second kappa shape index (κ2) is 22.2. The third kappa shape index (κ3) is 12.2. The van der Waals surface area contributed by atoms with Gasteiger partial charge in [0.2, 0.25) is 0 Å². The lowest BCUT2D eigenvalue weighted by molar-refractivity contribution is -0.276. The van der Waals surface area contributed by atoms with Crippen LogP contribution >= 0.6 is 0 Å². The summed E-state index contributed by atoms with van der Waals surface area (Å²) in [5.41, 5.74) is 6.41. The van der Waals surface area contributed by atoms with Gasteiger partial charge in [-0.25, -0.2) is 4.79 Å². The van der Waals surface area contributed by atoms with E-state index in [2.05, 4.69) is 97.0 Å². The molecule has 4 aliphatic carbocycles. The van der Waals surface area contributed by atoms with Crippen LogP contribution in [0, 0.1) is 23.7 Å². The van der Waals surface area contributed by atoms with Gasteiger partial charge in [0, 0.05) is 30.1 Å². The molecule has 4 atom stereocenters. The highest BCUT2D eigenvalue weighted by atomic mass is 16.7. The largest absolute Gasteiger partial charge is 0.392 e. The number of urea groups is 1. The number of benzene rings is 3. The maximum atomic E-state index is 13.2. The molecule has 5 fully saturated rings. The number of hydrogen-bond acceptors (Lipinski definition) is 5. The molecule has 328 valence electrons. The number of hydrogen-bond donors (Lipinski definition) is 3. The second-order valence-corrected chi connectivity index (χ2v) is 19.5. The van der Waals surface area contributed by atoms with E-state index < -0.39 is 6.29 Å². The van der Waals surface area contributed by atoms with Crippen molar-refractivity contribution >= 4 is 6.03 Å². The summed E-state index contributed by atoms with van der Waals surface area (Å²) in [4.78, 5) is 15.9. The molecule has 7 heteroatoms. The van der Waals surface area contributed by atoms with Crippen molar-refractivity contribution in [2.45, 2.75) is 174 Å². The van der Waals surface area contributed by atoms with Crippen molar-refractivity contribution in [3.8, 4) is 11.1 Å². The number of rotatable bonds is 23. The van der Waals surface area contributed by atoms with E-state index >= 15 is 0 Å². The Morgan fingerprint density at radius 1 is 0.700 bits per heavy atom. The molecule has 5 aliphatic rings. The van der Waals surface area contributed by atoms with E-state index in [1.807, 2.05) is 12.1 Å². The Hall–Kier alpha value is -3.23. The monoisotopic (exact) mass is 820 g/mol. The Bertz CT molecular complexity index is 1690. The van der Waals surface area contributed by atoms with Crippen LogP contribution in [0.5, 0.6) is 0 Å². The Balaban J connectivity index is 1.00. The SMILES string of the molecule is CCCCCCCCN(CCCCCCCC)CC1OC(c2ccc(-c3cccc(CNC(=O)NC45CC6CC(CC(C6)C4)C5)c3)cc2)OC(c2ccc(CO)cc2)C1C. The van der Waals surface area contributed by atoms with Gasteiger partial charge in [-0.05, 0) is 116 Å². The predicted molar refractivity (Wildman–Crippen MR) is 244 cm³/mol. The van der Waals surface area contributed by atoms with Gasteiger partial charge in [0.05, 0.1) is 18.8 Å². The molecule has 0 radical (unpaired) electrons. The molecule has 4 unspecified atom stereocenters. The van der Waals surface area contributed by atoms with Gasteiger partial charge in [0.15, 0.2) is 6.29 Å². The van der Waals surface area contributed by atoms with Crippen molar-refractivity contribution in [3.05, 3.63) is 95.1 Å². The zero-order valence-corrected chi connectivity index (χ0v) is 37.4. The van der Waals surface area contributed by atoms with Crippen LogP contribution in [-0.2, 0) is 22.6 Å². The average Bonchev–Trinajstić information content (AvgIpc) is 3.25. The quantitative estimate of drug-likeness (QED) is 0.0830. The molecule has 3 aromatic rings. The van der Waals surface area contributed by atoms with Crippen LogP contribution in [0.3, 0.4) is 0 Å². The number of unbranched alkanes of at least 4 members (excludes halogenated alkanes) is 10. The highest BCUT2D eigenvalue weighted by Crippen LogP contribution is 2.55. The molecule has 7 nitrogen and oxygen atoms in total. The molecule has 4 saturated carbocycles. The van der Waals surface area contributed by atoms with Crippen LogP contribution < -0.4 is 10.6 Å². The lowest BCUT2D eigenvalue weighted by Gasteiger charge is -2.56. The van der Waals surface area contributed by atoms with E-state index in [0.29, 0.717) is 6.54 Å². The van der Waals surface area contributed by atoms with E-state index in [1.54, 1.807) is 0 Å².